The molecule has 0 aliphatic rings. The molecule has 2 heterocycles. The van der Waals surface area contributed by atoms with Crippen LogP contribution in [0.5, 0.6) is 0 Å². The molecule has 1 N–H and O–H groups in total. The van der Waals surface area contributed by atoms with Gasteiger partial charge in [0.05, 0.1) is 0 Å². The molecular formula is C19H20FN5. The number of likely N-dealkylation sites (N-methyl/N-ethyl adjacent to an activating group) is 1. The van der Waals surface area contributed by atoms with E-state index < -0.39 is 0 Å². The molecule has 0 fully saturated rings. The summed E-state index contributed by atoms with van der Waals surface area (Å²) < 4.78 is 13.0. The minimum atomic E-state index is -0.263. The Hall–Kier alpha value is -3.02. The molecule has 25 heavy (non-hydrogen) atoms. The van der Waals surface area contributed by atoms with Crippen LogP contribution < -0.4 is 10.2 Å². The Balaban J connectivity index is 1.70. The molecule has 0 saturated carbocycles. The molecule has 0 unspecified atom stereocenters. The van der Waals surface area contributed by atoms with Crippen molar-refractivity contribution in [1.29, 1.82) is 0 Å². The minimum Gasteiger partial charge on any atom is -0.343 e. The molecule has 0 amide bonds. The SMILES string of the molecule is Cc1cc(Nc2ccc(F)cc2)nc(N(C)CCc2ccncc2)n1. The molecule has 2 aromatic heterocycles. The number of pyridine rings is 1. The molecular weight excluding hydrogens is 317 g/mol. The molecule has 128 valence electrons. The van der Waals surface area contributed by atoms with E-state index in [4.69, 9.17) is 0 Å². The van der Waals surface area contributed by atoms with Gasteiger partial charge in [-0.05, 0) is 55.3 Å². The van der Waals surface area contributed by atoms with Gasteiger partial charge in [-0.3, -0.25) is 4.98 Å². The van der Waals surface area contributed by atoms with Crippen molar-refractivity contribution in [3.8, 4) is 0 Å². The van der Waals surface area contributed by atoms with Gasteiger partial charge in [-0.25, -0.2) is 9.37 Å². The van der Waals surface area contributed by atoms with E-state index in [1.807, 2.05) is 37.1 Å². The maximum Gasteiger partial charge on any atom is 0.227 e. The third kappa shape index (κ3) is 4.73. The van der Waals surface area contributed by atoms with Gasteiger partial charge in [0.25, 0.3) is 0 Å². The predicted octanol–water partition coefficient (Wildman–Crippen LogP) is 3.74. The van der Waals surface area contributed by atoms with E-state index in [1.165, 1.54) is 17.7 Å². The number of halogens is 1. The Morgan fingerprint density at radius 3 is 2.48 bits per heavy atom. The quantitative estimate of drug-likeness (QED) is 0.742. The summed E-state index contributed by atoms with van der Waals surface area (Å²) >= 11 is 0. The summed E-state index contributed by atoms with van der Waals surface area (Å²) in [4.78, 5) is 15.1. The largest absolute Gasteiger partial charge is 0.343 e. The summed E-state index contributed by atoms with van der Waals surface area (Å²) in [5.74, 6) is 1.07. The number of hydrogen-bond acceptors (Lipinski definition) is 5. The van der Waals surface area contributed by atoms with Gasteiger partial charge in [0, 0.05) is 43.4 Å². The van der Waals surface area contributed by atoms with E-state index in [-0.39, 0.29) is 5.82 Å². The summed E-state index contributed by atoms with van der Waals surface area (Å²) in [7, 11) is 1.97. The summed E-state index contributed by atoms with van der Waals surface area (Å²) in [5.41, 5.74) is 2.87. The van der Waals surface area contributed by atoms with E-state index >= 15 is 0 Å². The summed E-state index contributed by atoms with van der Waals surface area (Å²) in [6.45, 7) is 2.72. The summed E-state index contributed by atoms with van der Waals surface area (Å²) in [6, 6.07) is 12.1. The number of rotatable bonds is 6. The van der Waals surface area contributed by atoms with Crippen molar-refractivity contribution in [3.63, 3.8) is 0 Å². The fourth-order valence-corrected chi connectivity index (χ4v) is 2.41. The molecule has 0 aliphatic carbocycles. The molecule has 1 aromatic carbocycles. The van der Waals surface area contributed by atoms with Crippen LogP contribution in [0.2, 0.25) is 0 Å². The lowest BCUT2D eigenvalue weighted by atomic mass is 10.2. The van der Waals surface area contributed by atoms with Gasteiger partial charge in [0.1, 0.15) is 11.6 Å². The molecule has 0 aliphatic heterocycles. The fourth-order valence-electron chi connectivity index (χ4n) is 2.41. The molecule has 0 radical (unpaired) electrons. The highest BCUT2D eigenvalue weighted by atomic mass is 19.1. The van der Waals surface area contributed by atoms with Crippen LogP contribution in [-0.2, 0) is 6.42 Å². The lowest BCUT2D eigenvalue weighted by Crippen LogP contribution is -2.23. The maximum absolute atomic E-state index is 13.0. The molecule has 0 bridgehead atoms. The zero-order valence-electron chi connectivity index (χ0n) is 14.3. The summed E-state index contributed by atoms with van der Waals surface area (Å²) in [5, 5.41) is 3.19. The number of nitrogens with one attached hydrogen (secondary N) is 1. The molecule has 3 aromatic rings. The highest BCUT2D eigenvalue weighted by Crippen LogP contribution is 2.18. The van der Waals surface area contributed by atoms with Crippen molar-refractivity contribution >= 4 is 17.5 Å². The maximum atomic E-state index is 13.0. The Morgan fingerprint density at radius 2 is 1.76 bits per heavy atom. The van der Waals surface area contributed by atoms with E-state index in [9.17, 15) is 4.39 Å². The van der Waals surface area contributed by atoms with Crippen molar-refractivity contribution in [1.82, 2.24) is 15.0 Å². The Kier molecular flexibility index (Phi) is 5.18. The zero-order chi connectivity index (χ0) is 17.6. The smallest absolute Gasteiger partial charge is 0.227 e. The Labute approximate surface area is 146 Å². The normalized spacial score (nSPS) is 10.5. The zero-order valence-corrected chi connectivity index (χ0v) is 14.3. The predicted molar refractivity (Wildman–Crippen MR) is 97.7 cm³/mol. The van der Waals surface area contributed by atoms with Gasteiger partial charge >= 0.3 is 0 Å². The second-order valence-corrected chi connectivity index (χ2v) is 5.85. The van der Waals surface area contributed by atoms with Crippen LogP contribution in [0.15, 0.2) is 54.9 Å². The van der Waals surface area contributed by atoms with Gasteiger partial charge in [0.2, 0.25) is 5.95 Å². The van der Waals surface area contributed by atoms with Gasteiger partial charge in [0.15, 0.2) is 0 Å². The fraction of sp³-hybridized carbons (Fsp3) is 0.211. The van der Waals surface area contributed by atoms with Gasteiger partial charge in [-0.1, -0.05) is 0 Å². The van der Waals surface area contributed by atoms with Crippen LogP contribution in [0.4, 0.5) is 21.8 Å². The second-order valence-electron chi connectivity index (χ2n) is 5.85. The van der Waals surface area contributed by atoms with Gasteiger partial charge in [-0.2, -0.15) is 4.98 Å². The van der Waals surface area contributed by atoms with Crippen LogP contribution in [-0.4, -0.2) is 28.5 Å². The van der Waals surface area contributed by atoms with E-state index in [0.717, 1.165) is 24.3 Å². The summed E-state index contributed by atoms with van der Waals surface area (Å²) in [6.07, 6.45) is 4.48. The molecule has 5 nitrogen and oxygen atoms in total. The second kappa shape index (κ2) is 7.70. The van der Waals surface area contributed by atoms with E-state index in [1.54, 1.807) is 24.5 Å². The molecule has 6 heteroatoms. The van der Waals surface area contributed by atoms with Crippen molar-refractivity contribution < 1.29 is 4.39 Å². The van der Waals surface area contributed by atoms with Crippen LogP contribution >= 0.6 is 0 Å². The Morgan fingerprint density at radius 1 is 1.04 bits per heavy atom. The van der Waals surface area contributed by atoms with Gasteiger partial charge in [-0.15, -0.1) is 0 Å². The van der Waals surface area contributed by atoms with Crippen molar-refractivity contribution in [2.24, 2.45) is 0 Å². The monoisotopic (exact) mass is 337 g/mol. The minimum absolute atomic E-state index is 0.263. The first-order valence-corrected chi connectivity index (χ1v) is 8.08. The van der Waals surface area contributed by atoms with Crippen molar-refractivity contribution in [2.45, 2.75) is 13.3 Å². The lowest BCUT2D eigenvalue weighted by Gasteiger charge is -2.18. The Bertz CT molecular complexity index is 821. The standard InChI is InChI=1S/C19H20FN5/c1-14-13-18(23-17-5-3-16(20)4-6-17)24-19(22-14)25(2)12-9-15-7-10-21-11-8-15/h3-8,10-11,13H,9,12H2,1-2H3,(H,22,23,24). The number of nitrogens with zero attached hydrogens (tertiary/aromatic N) is 4. The first kappa shape index (κ1) is 16.8. The number of anilines is 3. The van der Waals surface area contributed by atoms with Crippen LogP contribution in [0, 0.1) is 12.7 Å². The number of hydrogen-bond donors (Lipinski definition) is 1. The average Bonchev–Trinajstić information content (AvgIpc) is 2.62. The number of benzene rings is 1. The number of aromatic nitrogens is 3. The van der Waals surface area contributed by atoms with Crippen molar-refractivity contribution in [2.75, 3.05) is 23.8 Å². The highest BCUT2D eigenvalue weighted by Gasteiger charge is 2.08. The van der Waals surface area contributed by atoms with Crippen molar-refractivity contribution in [3.05, 3.63) is 71.9 Å². The highest BCUT2D eigenvalue weighted by molar-refractivity contribution is 5.57. The third-order valence-electron chi connectivity index (χ3n) is 3.79. The topological polar surface area (TPSA) is 53.9 Å². The molecule has 0 atom stereocenters. The molecule has 0 spiro atoms. The average molecular weight is 337 g/mol. The van der Waals surface area contributed by atoms with Crippen LogP contribution in [0.25, 0.3) is 0 Å². The first-order valence-electron chi connectivity index (χ1n) is 8.08. The van der Waals surface area contributed by atoms with E-state index in [0.29, 0.717) is 11.8 Å². The lowest BCUT2D eigenvalue weighted by molar-refractivity contribution is 0.628. The number of aryl methyl sites for hydroxylation is 1. The molecule has 3 rings (SSSR count). The van der Waals surface area contributed by atoms with Crippen LogP contribution in [0.3, 0.4) is 0 Å². The first-order chi connectivity index (χ1) is 12.1. The van der Waals surface area contributed by atoms with Gasteiger partial charge < -0.3 is 10.2 Å². The van der Waals surface area contributed by atoms with Crippen LogP contribution in [0.1, 0.15) is 11.3 Å². The van der Waals surface area contributed by atoms with E-state index in [2.05, 4.69) is 20.3 Å². The third-order valence-corrected chi connectivity index (χ3v) is 3.79. The molecule has 0 saturated heterocycles.